The molecule has 1 heterocycles. The summed E-state index contributed by atoms with van der Waals surface area (Å²) >= 11 is 6.44. The molecule has 2 rings (SSSR count). The van der Waals surface area contributed by atoms with Gasteiger partial charge >= 0.3 is 0 Å². The van der Waals surface area contributed by atoms with E-state index in [1.54, 1.807) is 13.4 Å². The van der Waals surface area contributed by atoms with E-state index in [0.717, 1.165) is 24.2 Å². The van der Waals surface area contributed by atoms with Crippen molar-refractivity contribution in [1.82, 2.24) is 9.97 Å². The summed E-state index contributed by atoms with van der Waals surface area (Å²) < 4.78 is 5.24. The molecule has 1 aromatic rings. The van der Waals surface area contributed by atoms with Gasteiger partial charge in [0.05, 0.1) is 18.1 Å². The summed E-state index contributed by atoms with van der Waals surface area (Å²) in [5, 5.41) is 0.198. The topological polar surface area (TPSA) is 38.3 Å². The molecule has 2 atom stereocenters. The predicted octanol–water partition coefficient (Wildman–Crippen LogP) is 2.78. The number of ether oxygens (including phenoxy) is 1. The fraction of sp³-hybridized carbons (Fsp3) is 0.692. The Labute approximate surface area is 113 Å². The maximum Gasteiger partial charge on any atom is 0.221 e. The Balaban J connectivity index is 2.24. The van der Waals surface area contributed by atoms with Crippen LogP contribution in [0.15, 0.2) is 6.33 Å². The molecular weight excluding hydrogens is 250 g/mol. The standard InChI is InChI=1S/C13H20ClN3O/c1-9-12(15-8-16-13(9)18-3)17(2)11-7-5-4-6-10(11)14/h8,10-11H,4-7H2,1-3H3. The molecule has 0 aromatic carbocycles. The van der Waals surface area contributed by atoms with Gasteiger partial charge in [-0.15, -0.1) is 11.6 Å². The number of halogens is 1. The molecule has 1 aliphatic rings. The highest BCUT2D eigenvalue weighted by atomic mass is 35.5. The zero-order chi connectivity index (χ0) is 13.1. The van der Waals surface area contributed by atoms with Crippen LogP contribution in [-0.2, 0) is 0 Å². The lowest BCUT2D eigenvalue weighted by atomic mass is 9.94. The normalized spacial score (nSPS) is 23.8. The van der Waals surface area contributed by atoms with Gasteiger partial charge in [-0.2, -0.15) is 0 Å². The van der Waals surface area contributed by atoms with Crippen LogP contribution in [0.3, 0.4) is 0 Å². The summed E-state index contributed by atoms with van der Waals surface area (Å²) in [5.74, 6) is 1.55. The summed E-state index contributed by atoms with van der Waals surface area (Å²) in [6.07, 6.45) is 6.21. The van der Waals surface area contributed by atoms with Crippen molar-refractivity contribution in [3.05, 3.63) is 11.9 Å². The summed E-state index contributed by atoms with van der Waals surface area (Å²) in [7, 11) is 3.68. The summed E-state index contributed by atoms with van der Waals surface area (Å²) in [5.41, 5.74) is 0.969. The van der Waals surface area contributed by atoms with Crippen molar-refractivity contribution in [3.8, 4) is 5.88 Å². The van der Waals surface area contributed by atoms with E-state index in [0.29, 0.717) is 11.9 Å². The van der Waals surface area contributed by atoms with Crippen molar-refractivity contribution in [1.29, 1.82) is 0 Å². The van der Waals surface area contributed by atoms with Crippen LogP contribution in [0, 0.1) is 6.92 Å². The molecule has 1 saturated carbocycles. The molecule has 1 aromatic heterocycles. The zero-order valence-corrected chi connectivity index (χ0v) is 11.9. The molecule has 0 aliphatic heterocycles. The van der Waals surface area contributed by atoms with E-state index in [1.807, 2.05) is 6.92 Å². The molecule has 2 unspecified atom stereocenters. The summed E-state index contributed by atoms with van der Waals surface area (Å²) in [6.45, 7) is 1.98. The van der Waals surface area contributed by atoms with E-state index in [1.165, 1.54) is 12.8 Å². The van der Waals surface area contributed by atoms with Gasteiger partial charge in [0.15, 0.2) is 0 Å². The highest BCUT2D eigenvalue weighted by Gasteiger charge is 2.28. The third-order valence-corrected chi connectivity index (χ3v) is 4.19. The van der Waals surface area contributed by atoms with Crippen molar-refractivity contribution >= 4 is 17.4 Å². The zero-order valence-electron chi connectivity index (χ0n) is 11.2. The van der Waals surface area contributed by atoms with Gasteiger partial charge in [-0.3, -0.25) is 0 Å². The minimum Gasteiger partial charge on any atom is -0.481 e. The number of aromatic nitrogens is 2. The molecule has 0 spiro atoms. The van der Waals surface area contributed by atoms with Gasteiger partial charge in [-0.05, 0) is 19.8 Å². The van der Waals surface area contributed by atoms with Crippen LogP contribution in [0.2, 0.25) is 0 Å². The van der Waals surface area contributed by atoms with E-state index in [4.69, 9.17) is 16.3 Å². The fourth-order valence-electron chi connectivity index (χ4n) is 2.65. The first-order valence-electron chi connectivity index (χ1n) is 6.37. The Morgan fingerprint density at radius 2 is 2.06 bits per heavy atom. The smallest absolute Gasteiger partial charge is 0.221 e. The van der Waals surface area contributed by atoms with Crippen LogP contribution in [0.1, 0.15) is 31.2 Å². The molecule has 0 bridgehead atoms. The van der Waals surface area contributed by atoms with Crippen LogP contribution in [-0.4, -0.2) is 35.5 Å². The van der Waals surface area contributed by atoms with Crippen molar-refractivity contribution in [2.75, 3.05) is 19.1 Å². The van der Waals surface area contributed by atoms with Crippen LogP contribution >= 0.6 is 11.6 Å². The number of nitrogens with zero attached hydrogens (tertiary/aromatic N) is 3. The first-order chi connectivity index (χ1) is 8.65. The van der Waals surface area contributed by atoms with E-state index in [-0.39, 0.29) is 5.38 Å². The van der Waals surface area contributed by atoms with E-state index >= 15 is 0 Å². The van der Waals surface area contributed by atoms with Gasteiger partial charge in [-0.25, -0.2) is 9.97 Å². The van der Waals surface area contributed by atoms with E-state index in [2.05, 4.69) is 21.9 Å². The minimum absolute atomic E-state index is 0.198. The Morgan fingerprint density at radius 1 is 1.33 bits per heavy atom. The van der Waals surface area contributed by atoms with Crippen LogP contribution in [0.25, 0.3) is 0 Å². The van der Waals surface area contributed by atoms with Gasteiger partial charge in [0, 0.05) is 13.1 Å². The average Bonchev–Trinajstić information content (AvgIpc) is 2.39. The Morgan fingerprint density at radius 3 is 2.72 bits per heavy atom. The minimum atomic E-state index is 0.198. The highest BCUT2D eigenvalue weighted by Crippen LogP contribution is 2.31. The number of methoxy groups -OCH3 is 1. The summed E-state index contributed by atoms with van der Waals surface area (Å²) in [4.78, 5) is 10.7. The molecule has 4 nitrogen and oxygen atoms in total. The number of hydrogen-bond acceptors (Lipinski definition) is 4. The number of rotatable bonds is 3. The van der Waals surface area contributed by atoms with E-state index in [9.17, 15) is 0 Å². The Hall–Kier alpha value is -1.03. The number of hydrogen-bond donors (Lipinski definition) is 0. The predicted molar refractivity (Wildman–Crippen MR) is 73.6 cm³/mol. The van der Waals surface area contributed by atoms with Gasteiger partial charge in [0.2, 0.25) is 5.88 Å². The maximum absolute atomic E-state index is 6.44. The van der Waals surface area contributed by atoms with Crippen LogP contribution < -0.4 is 9.64 Å². The summed E-state index contributed by atoms with van der Waals surface area (Å²) in [6, 6.07) is 0.346. The Bertz CT molecular complexity index is 413. The first kappa shape index (κ1) is 13.4. The fourth-order valence-corrected chi connectivity index (χ4v) is 3.10. The molecule has 0 radical (unpaired) electrons. The number of anilines is 1. The van der Waals surface area contributed by atoms with Crippen molar-refractivity contribution < 1.29 is 4.74 Å². The first-order valence-corrected chi connectivity index (χ1v) is 6.81. The average molecular weight is 270 g/mol. The largest absolute Gasteiger partial charge is 0.481 e. The second kappa shape index (κ2) is 5.74. The van der Waals surface area contributed by atoms with Crippen molar-refractivity contribution in [3.63, 3.8) is 0 Å². The molecular formula is C13H20ClN3O. The van der Waals surface area contributed by atoms with Crippen LogP contribution in [0.4, 0.5) is 5.82 Å². The highest BCUT2D eigenvalue weighted by molar-refractivity contribution is 6.21. The third kappa shape index (κ3) is 2.53. The SMILES string of the molecule is COc1ncnc(N(C)C2CCCCC2Cl)c1C. The van der Waals surface area contributed by atoms with Gasteiger partial charge < -0.3 is 9.64 Å². The van der Waals surface area contributed by atoms with E-state index < -0.39 is 0 Å². The molecule has 0 saturated heterocycles. The molecule has 0 N–H and O–H groups in total. The van der Waals surface area contributed by atoms with Gasteiger partial charge in [-0.1, -0.05) is 12.8 Å². The van der Waals surface area contributed by atoms with Crippen molar-refractivity contribution in [2.45, 2.75) is 44.0 Å². The van der Waals surface area contributed by atoms with Gasteiger partial charge in [0.25, 0.3) is 0 Å². The monoisotopic (exact) mass is 269 g/mol. The molecule has 18 heavy (non-hydrogen) atoms. The quantitative estimate of drug-likeness (QED) is 0.791. The number of alkyl halides is 1. The third-order valence-electron chi connectivity index (χ3n) is 3.68. The second-order valence-electron chi connectivity index (χ2n) is 4.81. The molecule has 1 fully saturated rings. The molecule has 5 heteroatoms. The lowest BCUT2D eigenvalue weighted by molar-refractivity contribution is 0.391. The van der Waals surface area contributed by atoms with Gasteiger partial charge in [0.1, 0.15) is 12.1 Å². The lowest BCUT2D eigenvalue weighted by Gasteiger charge is -2.36. The Kier molecular flexibility index (Phi) is 4.27. The molecule has 0 amide bonds. The maximum atomic E-state index is 6.44. The molecule has 100 valence electrons. The second-order valence-corrected chi connectivity index (χ2v) is 5.37. The van der Waals surface area contributed by atoms with Crippen molar-refractivity contribution in [2.24, 2.45) is 0 Å². The molecule has 1 aliphatic carbocycles. The van der Waals surface area contributed by atoms with Crippen LogP contribution in [0.5, 0.6) is 5.88 Å². The lowest BCUT2D eigenvalue weighted by Crippen LogP contribution is -2.41.